The monoisotopic (exact) mass is 801 g/mol. The number of anilines is 1. The quantitative estimate of drug-likeness (QED) is 0.162. The maximum atomic E-state index is 5.43. The van der Waals surface area contributed by atoms with Gasteiger partial charge in [0.15, 0.2) is 0 Å². The summed E-state index contributed by atoms with van der Waals surface area (Å²) in [6.45, 7) is 11.2. The minimum absolute atomic E-state index is 0.628. The van der Waals surface area contributed by atoms with Gasteiger partial charge in [0.25, 0.3) is 0 Å². The first kappa shape index (κ1) is 29.5. The molecule has 2 rings (SSSR count). The van der Waals surface area contributed by atoms with Crippen molar-refractivity contribution in [3.05, 3.63) is 72.1 Å². The summed E-state index contributed by atoms with van der Waals surface area (Å²) in [6.07, 6.45) is 0. The first-order valence-corrected chi connectivity index (χ1v) is 21.9. The van der Waals surface area contributed by atoms with Gasteiger partial charge in [0.2, 0.25) is 0 Å². The molecule has 23 heavy (non-hydrogen) atoms. The Hall–Kier alpha value is 1.74. The van der Waals surface area contributed by atoms with Crippen LogP contribution >= 0.6 is 77.2 Å². The van der Waals surface area contributed by atoms with E-state index in [2.05, 4.69) is 122 Å². The van der Waals surface area contributed by atoms with Crippen molar-refractivity contribution in [3.63, 3.8) is 0 Å². The number of rotatable bonds is 0. The molecule has 2 N–H and O–H groups in total. The van der Waals surface area contributed by atoms with Crippen LogP contribution in [-0.4, -0.2) is 0 Å². The molecule has 0 saturated carbocycles. The third-order valence-electron chi connectivity index (χ3n) is 2.30. The van der Waals surface area contributed by atoms with Gasteiger partial charge in [0.1, 0.15) is 0 Å². The summed E-state index contributed by atoms with van der Waals surface area (Å²) < 4.78 is 0. The molecule has 0 radical (unpaired) electrons. The van der Waals surface area contributed by atoms with Crippen molar-refractivity contribution in [2.45, 2.75) is 27.7 Å². The Balaban J connectivity index is -0.000000252. The molecule has 131 valence electrons. The van der Waals surface area contributed by atoms with E-state index in [1.165, 1.54) is 16.7 Å². The molecule has 0 aromatic heterocycles. The molecule has 0 amide bonds. The van der Waals surface area contributed by atoms with Gasteiger partial charge < -0.3 is 12.7 Å². The average molecular weight is 801 g/mol. The van der Waals surface area contributed by atoms with E-state index in [9.17, 15) is 0 Å². The van der Waals surface area contributed by atoms with Gasteiger partial charge in [-0.15, -0.1) is 0 Å². The summed E-state index contributed by atoms with van der Waals surface area (Å²) in [4.78, 5) is 0. The van der Waals surface area contributed by atoms with Crippen molar-refractivity contribution in [3.8, 4) is 0 Å². The number of nitrogen functional groups attached to an aromatic ring is 1. The molecule has 1 nitrogen and oxygen atoms in total. The SMILES string of the molecule is Cc1ccc(C)cc1.Cc1ccc(N)cc1.II.[CH2-]C.[I][V][I]. The van der Waals surface area contributed by atoms with Crippen molar-refractivity contribution in [1.82, 2.24) is 0 Å². The van der Waals surface area contributed by atoms with E-state index in [-0.39, 0.29) is 0 Å². The van der Waals surface area contributed by atoms with Crippen LogP contribution < -0.4 is 5.73 Å². The number of benzene rings is 2. The van der Waals surface area contributed by atoms with Crippen molar-refractivity contribution in [1.29, 1.82) is 0 Å². The first-order chi connectivity index (χ1) is 11.0. The molecular formula is C17H24I4NV-. The third kappa shape index (κ3) is 23.7. The topological polar surface area (TPSA) is 26.0 Å². The fourth-order valence-electron chi connectivity index (χ4n) is 1.20. The Labute approximate surface area is 194 Å². The van der Waals surface area contributed by atoms with Crippen molar-refractivity contribution in [2.24, 2.45) is 0 Å². The number of nitrogens with two attached hydrogens (primary N) is 1. The molecule has 2 aromatic rings. The maximum absolute atomic E-state index is 5.43. The van der Waals surface area contributed by atoms with Gasteiger partial charge >= 0.3 is 49.4 Å². The second-order valence-corrected chi connectivity index (χ2v) is 15.9. The van der Waals surface area contributed by atoms with E-state index in [4.69, 9.17) is 5.73 Å². The van der Waals surface area contributed by atoms with Gasteiger partial charge in [-0.2, -0.15) is 6.92 Å². The second kappa shape index (κ2) is 23.7. The summed E-state index contributed by atoms with van der Waals surface area (Å²) in [5.74, 6) is 0. The van der Waals surface area contributed by atoms with Gasteiger partial charge in [-0.1, -0.05) is 53.1 Å². The fourth-order valence-corrected chi connectivity index (χ4v) is 1.20. The summed E-state index contributed by atoms with van der Waals surface area (Å²) >= 11 is 8.98. The molecule has 6 heteroatoms. The predicted octanol–water partition coefficient (Wildman–Crippen LogP) is 8.26. The van der Waals surface area contributed by atoms with Crippen LogP contribution in [0.3, 0.4) is 0 Å². The van der Waals surface area contributed by atoms with Gasteiger partial charge in [-0.3, -0.25) is 0 Å². The Bertz CT molecular complexity index is 362. The van der Waals surface area contributed by atoms with Crippen LogP contribution in [0.15, 0.2) is 48.5 Å². The average Bonchev–Trinajstić information content (AvgIpc) is 2.58. The zero-order chi connectivity index (χ0) is 18.7. The van der Waals surface area contributed by atoms with Crippen LogP contribution in [0.4, 0.5) is 5.69 Å². The van der Waals surface area contributed by atoms with E-state index < -0.39 is 0 Å². The van der Waals surface area contributed by atoms with Crippen LogP contribution in [0.25, 0.3) is 0 Å². The van der Waals surface area contributed by atoms with Gasteiger partial charge in [0.05, 0.1) is 0 Å². The van der Waals surface area contributed by atoms with Gasteiger partial charge in [0, 0.05) is 42.9 Å². The molecule has 2 aromatic carbocycles. The van der Waals surface area contributed by atoms with Gasteiger partial charge in [-0.05, 0) is 32.9 Å². The van der Waals surface area contributed by atoms with Crippen LogP contribution in [0, 0.1) is 27.7 Å². The van der Waals surface area contributed by atoms with E-state index in [1.54, 1.807) is 6.92 Å². The summed E-state index contributed by atoms with van der Waals surface area (Å²) in [7, 11) is 0.628. The Kier molecular flexibility index (Phi) is 30.5. The molecule has 0 spiro atoms. The molecular weight excluding hydrogens is 777 g/mol. The van der Waals surface area contributed by atoms with Crippen LogP contribution in [0.2, 0.25) is 0 Å². The second-order valence-electron chi connectivity index (χ2n) is 4.13. The number of hydrogen-bond donors (Lipinski definition) is 1. The number of hydrogen-bond acceptors (Lipinski definition) is 1. The standard InChI is InChI=1S/C8H10.C7H9N.C2H5.I2.2HI.V/c1-7-3-5-8(2)6-4-7;1-6-2-4-7(8)5-3-6;2*1-2;;;/h3-6H,1-2H3;2-5H,8H2,1H3;1H2,2H3;;2*1H;/q;;-1;;;;+2/p-2. The summed E-state index contributed by atoms with van der Waals surface area (Å²) in [5.41, 5.74) is 10.2. The molecule has 0 aliphatic heterocycles. The van der Waals surface area contributed by atoms with Crippen molar-refractivity contribution < 1.29 is 9.47 Å². The first-order valence-electron chi connectivity index (χ1n) is 6.62. The number of aryl methyl sites for hydroxylation is 3. The van der Waals surface area contributed by atoms with Gasteiger partial charge in [-0.25, -0.2) is 0 Å². The van der Waals surface area contributed by atoms with Crippen LogP contribution in [0.5, 0.6) is 0 Å². The Morgan fingerprint density at radius 1 is 0.696 bits per heavy atom. The Morgan fingerprint density at radius 3 is 1.04 bits per heavy atom. The summed E-state index contributed by atoms with van der Waals surface area (Å²) in [5, 5.41) is 0. The van der Waals surface area contributed by atoms with E-state index >= 15 is 0 Å². The number of halogens is 4. The van der Waals surface area contributed by atoms with E-state index in [1.807, 2.05) is 31.2 Å². The molecule has 0 bridgehead atoms. The zero-order valence-corrected chi connectivity index (χ0v) is 23.9. The van der Waals surface area contributed by atoms with Crippen LogP contribution in [0.1, 0.15) is 23.6 Å². The Morgan fingerprint density at radius 2 is 0.870 bits per heavy atom. The minimum atomic E-state index is 0.628. The predicted molar refractivity (Wildman–Crippen MR) is 139 cm³/mol. The fraction of sp³-hybridized carbons (Fsp3) is 0.235. The van der Waals surface area contributed by atoms with Crippen molar-refractivity contribution >= 4 is 82.9 Å². The van der Waals surface area contributed by atoms with Crippen LogP contribution in [-0.2, 0) is 9.47 Å². The van der Waals surface area contributed by atoms with Crippen molar-refractivity contribution in [2.75, 3.05) is 5.73 Å². The molecule has 0 atom stereocenters. The molecule has 0 aliphatic carbocycles. The molecule has 0 fully saturated rings. The van der Waals surface area contributed by atoms with E-state index in [0.29, 0.717) is 9.47 Å². The third-order valence-corrected chi connectivity index (χ3v) is 2.30. The molecule has 0 saturated heterocycles. The molecule has 0 unspecified atom stereocenters. The molecule has 0 heterocycles. The normalized spacial score (nSPS) is 7.52. The van der Waals surface area contributed by atoms with E-state index in [0.717, 1.165) is 5.69 Å². The zero-order valence-electron chi connectivity index (χ0n) is 13.9. The summed E-state index contributed by atoms with van der Waals surface area (Å²) in [6, 6.07) is 16.3. The molecule has 0 aliphatic rings.